The fraction of sp³-hybridized carbons (Fsp3) is 0.444. The van der Waals surface area contributed by atoms with Crippen molar-refractivity contribution in [1.82, 2.24) is 9.38 Å². The number of imidazole rings is 1. The van der Waals surface area contributed by atoms with E-state index in [1.807, 2.05) is 16.5 Å². The number of carbonyl (C=O) groups excluding carboxylic acids is 1. The van der Waals surface area contributed by atoms with E-state index in [2.05, 4.69) is 11.1 Å². The molecule has 0 saturated heterocycles. The van der Waals surface area contributed by atoms with E-state index < -0.39 is 0 Å². The van der Waals surface area contributed by atoms with Gasteiger partial charge in [0.2, 0.25) is 0 Å². The summed E-state index contributed by atoms with van der Waals surface area (Å²) in [5.74, 6) is 1.23. The van der Waals surface area contributed by atoms with Gasteiger partial charge in [-0.25, -0.2) is 9.78 Å². The topological polar surface area (TPSA) is 52.8 Å². The quantitative estimate of drug-likeness (QED) is 0.648. The highest BCUT2D eigenvalue weighted by Gasteiger charge is 2.17. The molecule has 1 aromatic carbocycles. The second-order valence-electron chi connectivity index (χ2n) is 6.19. The first-order valence-electron chi connectivity index (χ1n) is 8.46. The molecule has 0 N–H and O–H groups in total. The van der Waals surface area contributed by atoms with Crippen LogP contribution in [0.4, 0.5) is 0 Å². The molecule has 2 aromatic heterocycles. The number of nitrogens with zero attached hydrogens (tertiary/aromatic N) is 2. The maximum Gasteiger partial charge on any atom is 0.358 e. The molecule has 3 aromatic rings. The Bertz CT molecular complexity index is 877. The highest BCUT2D eigenvalue weighted by atomic mass is 32.1. The molecule has 0 amide bonds. The molecule has 0 spiro atoms. The van der Waals surface area contributed by atoms with Gasteiger partial charge in [0.15, 0.2) is 10.7 Å². The highest BCUT2D eigenvalue weighted by Crippen LogP contribution is 2.31. The highest BCUT2D eigenvalue weighted by molar-refractivity contribution is 7.23. The first-order chi connectivity index (χ1) is 11.7. The first-order valence-corrected chi connectivity index (χ1v) is 9.28. The Hall–Kier alpha value is -2.08. The average Bonchev–Trinajstić information content (AvgIpc) is 3.28. The van der Waals surface area contributed by atoms with Gasteiger partial charge < -0.3 is 9.47 Å². The lowest BCUT2D eigenvalue weighted by Crippen LogP contribution is -2.07. The van der Waals surface area contributed by atoms with Crippen molar-refractivity contribution in [3.63, 3.8) is 0 Å². The van der Waals surface area contributed by atoms with Crippen molar-refractivity contribution in [1.29, 1.82) is 0 Å². The van der Waals surface area contributed by atoms with E-state index in [0.717, 1.165) is 27.5 Å². The van der Waals surface area contributed by atoms with E-state index in [4.69, 9.17) is 9.47 Å². The van der Waals surface area contributed by atoms with Gasteiger partial charge in [0.25, 0.3) is 0 Å². The van der Waals surface area contributed by atoms with Crippen LogP contribution in [0.5, 0.6) is 5.75 Å². The Balaban J connectivity index is 1.57. The van der Waals surface area contributed by atoms with Gasteiger partial charge in [-0.2, -0.15) is 0 Å². The van der Waals surface area contributed by atoms with Crippen LogP contribution in [0.15, 0.2) is 24.4 Å². The molecule has 1 fully saturated rings. The summed E-state index contributed by atoms with van der Waals surface area (Å²) in [4.78, 5) is 17.0. The van der Waals surface area contributed by atoms with Crippen LogP contribution in [-0.4, -0.2) is 28.6 Å². The van der Waals surface area contributed by atoms with Gasteiger partial charge in [0.05, 0.1) is 23.4 Å². The second-order valence-corrected chi connectivity index (χ2v) is 7.20. The lowest BCUT2D eigenvalue weighted by Gasteiger charge is -2.11. The summed E-state index contributed by atoms with van der Waals surface area (Å²) in [5, 5.41) is 0. The van der Waals surface area contributed by atoms with Gasteiger partial charge in [0, 0.05) is 6.20 Å². The van der Waals surface area contributed by atoms with Gasteiger partial charge in [-0.3, -0.25) is 4.40 Å². The van der Waals surface area contributed by atoms with E-state index in [0.29, 0.717) is 18.2 Å². The van der Waals surface area contributed by atoms with E-state index in [1.54, 1.807) is 24.5 Å². The molecule has 0 unspecified atom stereocenters. The Morgan fingerprint density at radius 2 is 2.21 bits per heavy atom. The molecule has 5 nitrogen and oxygen atoms in total. The molecule has 1 aliphatic carbocycles. The SMILES string of the molecule is CCOC(=O)c1cn2c(n1)sc1cc(OCC3CCCC3)ccc12. The summed E-state index contributed by atoms with van der Waals surface area (Å²) in [7, 11) is 0. The number of rotatable bonds is 5. The van der Waals surface area contributed by atoms with Crippen LogP contribution in [0, 0.1) is 5.92 Å². The summed E-state index contributed by atoms with van der Waals surface area (Å²) >= 11 is 1.55. The van der Waals surface area contributed by atoms with E-state index in [-0.39, 0.29) is 5.97 Å². The normalized spacial score (nSPS) is 15.4. The smallest absolute Gasteiger partial charge is 0.358 e. The third kappa shape index (κ3) is 2.86. The Morgan fingerprint density at radius 3 is 3.00 bits per heavy atom. The lowest BCUT2D eigenvalue weighted by molar-refractivity contribution is 0.0520. The van der Waals surface area contributed by atoms with Crippen molar-refractivity contribution < 1.29 is 14.3 Å². The third-order valence-electron chi connectivity index (χ3n) is 4.51. The molecule has 0 bridgehead atoms. The summed E-state index contributed by atoms with van der Waals surface area (Å²) in [6, 6.07) is 6.08. The molecular formula is C18H20N2O3S. The van der Waals surface area contributed by atoms with Gasteiger partial charge in [-0.1, -0.05) is 24.2 Å². The number of esters is 1. The second kappa shape index (κ2) is 6.43. The summed E-state index contributed by atoms with van der Waals surface area (Å²) in [5.41, 5.74) is 1.39. The van der Waals surface area contributed by atoms with Crippen molar-refractivity contribution >= 4 is 32.5 Å². The zero-order chi connectivity index (χ0) is 16.5. The fourth-order valence-electron chi connectivity index (χ4n) is 3.27. The van der Waals surface area contributed by atoms with E-state index >= 15 is 0 Å². The molecule has 0 atom stereocenters. The van der Waals surface area contributed by atoms with Crippen LogP contribution in [-0.2, 0) is 4.74 Å². The minimum absolute atomic E-state index is 0.353. The Labute approximate surface area is 144 Å². The number of carbonyl (C=O) groups is 1. The molecule has 24 heavy (non-hydrogen) atoms. The monoisotopic (exact) mass is 344 g/mol. The van der Waals surface area contributed by atoms with Crippen molar-refractivity contribution in [3.05, 3.63) is 30.1 Å². The Kier molecular flexibility index (Phi) is 4.14. The standard InChI is InChI=1S/C18H20N2O3S/c1-2-22-17(21)14-10-20-15-8-7-13(9-16(15)24-18(20)19-14)23-11-12-5-3-4-6-12/h7-10,12H,2-6,11H2,1H3. The average molecular weight is 344 g/mol. The number of aromatic nitrogens is 2. The van der Waals surface area contributed by atoms with E-state index in [1.165, 1.54) is 25.7 Å². The summed E-state index contributed by atoms with van der Waals surface area (Å²) < 4.78 is 14.0. The van der Waals surface area contributed by atoms with Crippen molar-refractivity contribution in [2.75, 3.05) is 13.2 Å². The zero-order valence-electron chi connectivity index (χ0n) is 13.7. The zero-order valence-corrected chi connectivity index (χ0v) is 14.5. The molecule has 2 heterocycles. The van der Waals surface area contributed by atoms with Gasteiger partial charge >= 0.3 is 5.97 Å². The number of hydrogen-bond acceptors (Lipinski definition) is 5. The van der Waals surface area contributed by atoms with Gasteiger partial charge in [-0.15, -0.1) is 0 Å². The summed E-state index contributed by atoms with van der Waals surface area (Å²) in [6.07, 6.45) is 6.97. The van der Waals surface area contributed by atoms with E-state index in [9.17, 15) is 4.79 Å². The molecule has 0 aliphatic heterocycles. The van der Waals surface area contributed by atoms with Gasteiger partial charge in [0.1, 0.15) is 5.75 Å². The van der Waals surface area contributed by atoms with Crippen LogP contribution in [0.2, 0.25) is 0 Å². The predicted octanol–water partition coefficient (Wildman–Crippen LogP) is 4.29. The van der Waals surface area contributed by atoms with Crippen LogP contribution in [0.25, 0.3) is 15.2 Å². The number of fused-ring (bicyclic) bond motifs is 3. The minimum atomic E-state index is -0.377. The molecule has 4 rings (SSSR count). The molecule has 126 valence electrons. The van der Waals surface area contributed by atoms with Crippen molar-refractivity contribution in [3.8, 4) is 5.75 Å². The Morgan fingerprint density at radius 1 is 1.38 bits per heavy atom. The van der Waals surface area contributed by atoms with Crippen molar-refractivity contribution in [2.24, 2.45) is 5.92 Å². The first kappa shape index (κ1) is 15.4. The van der Waals surface area contributed by atoms with Crippen LogP contribution in [0.1, 0.15) is 43.1 Å². The maximum atomic E-state index is 11.8. The molecule has 1 saturated carbocycles. The predicted molar refractivity (Wildman–Crippen MR) is 94.0 cm³/mol. The molecular weight excluding hydrogens is 324 g/mol. The van der Waals surface area contributed by atoms with Crippen LogP contribution >= 0.6 is 11.3 Å². The number of ether oxygens (including phenoxy) is 2. The number of benzene rings is 1. The maximum absolute atomic E-state index is 11.8. The van der Waals surface area contributed by atoms with Crippen LogP contribution < -0.4 is 4.74 Å². The molecule has 0 radical (unpaired) electrons. The minimum Gasteiger partial charge on any atom is -0.493 e. The lowest BCUT2D eigenvalue weighted by atomic mass is 10.1. The van der Waals surface area contributed by atoms with Gasteiger partial charge in [-0.05, 0) is 43.9 Å². The van der Waals surface area contributed by atoms with Crippen LogP contribution in [0.3, 0.4) is 0 Å². The summed E-state index contributed by atoms with van der Waals surface area (Å²) in [6.45, 7) is 2.95. The number of thiazole rings is 1. The number of hydrogen-bond donors (Lipinski definition) is 0. The molecule has 6 heteroatoms. The fourth-order valence-corrected chi connectivity index (χ4v) is 4.30. The van der Waals surface area contributed by atoms with Crippen molar-refractivity contribution in [2.45, 2.75) is 32.6 Å². The molecule has 1 aliphatic rings. The third-order valence-corrected chi connectivity index (χ3v) is 5.53. The largest absolute Gasteiger partial charge is 0.493 e.